The third-order valence-electron chi connectivity index (χ3n) is 5.89. The lowest BCUT2D eigenvalue weighted by atomic mass is 10.0. The van der Waals surface area contributed by atoms with Gasteiger partial charge in [0.15, 0.2) is 0 Å². The van der Waals surface area contributed by atoms with E-state index in [0.717, 1.165) is 66.2 Å². The first-order valence-corrected chi connectivity index (χ1v) is 10.3. The number of hydrogen-bond donors (Lipinski definition) is 0. The Bertz CT molecular complexity index is 1240. The molecule has 3 aromatic heterocycles. The zero-order valence-electron chi connectivity index (χ0n) is 17.3. The van der Waals surface area contributed by atoms with E-state index in [9.17, 15) is 5.26 Å². The summed E-state index contributed by atoms with van der Waals surface area (Å²) in [5.41, 5.74) is 7.10. The summed E-state index contributed by atoms with van der Waals surface area (Å²) in [5.74, 6) is 0. The molecule has 0 unspecified atom stereocenters. The number of piperazine rings is 1. The summed E-state index contributed by atoms with van der Waals surface area (Å²) < 4.78 is 2.07. The standard InChI is InChI=1S/C24H24N6/c1-17-11-18(2)23-21(12-17)24(19(13-25)14-26-23)29-9-7-28(8-10-29)15-20-16-30-6-4-3-5-22(30)27-20/h3-6,11-12,14,16H,7-10,15H2,1-2H3. The largest absolute Gasteiger partial charge is 0.367 e. The maximum Gasteiger partial charge on any atom is 0.137 e. The van der Waals surface area contributed by atoms with Gasteiger partial charge in [0.2, 0.25) is 0 Å². The number of aromatic nitrogens is 3. The van der Waals surface area contributed by atoms with E-state index in [2.05, 4.69) is 57.4 Å². The van der Waals surface area contributed by atoms with E-state index in [1.807, 2.05) is 24.4 Å². The van der Waals surface area contributed by atoms with Crippen molar-refractivity contribution in [1.82, 2.24) is 19.3 Å². The van der Waals surface area contributed by atoms with Crippen molar-refractivity contribution in [2.75, 3.05) is 31.1 Å². The Hall–Kier alpha value is -3.43. The van der Waals surface area contributed by atoms with Crippen LogP contribution >= 0.6 is 0 Å². The van der Waals surface area contributed by atoms with Gasteiger partial charge >= 0.3 is 0 Å². The fourth-order valence-electron chi connectivity index (χ4n) is 4.49. The number of imidazole rings is 1. The molecule has 1 saturated heterocycles. The van der Waals surface area contributed by atoms with Gasteiger partial charge in [-0.25, -0.2) is 4.98 Å². The van der Waals surface area contributed by atoms with Crippen LogP contribution in [0.3, 0.4) is 0 Å². The molecular weight excluding hydrogens is 372 g/mol. The molecule has 150 valence electrons. The van der Waals surface area contributed by atoms with Crippen LogP contribution < -0.4 is 4.90 Å². The fourth-order valence-corrected chi connectivity index (χ4v) is 4.49. The Labute approximate surface area is 176 Å². The molecule has 5 rings (SSSR count). The smallest absolute Gasteiger partial charge is 0.137 e. The third kappa shape index (κ3) is 3.27. The Kier molecular flexibility index (Phi) is 4.61. The second-order valence-corrected chi connectivity index (χ2v) is 8.07. The van der Waals surface area contributed by atoms with E-state index in [-0.39, 0.29) is 0 Å². The third-order valence-corrected chi connectivity index (χ3v) is 5.89. The molecule has 4 heterocycles. The molecule has 0 aliphatic carbocycles. The van der Waals surface area contributed by atoms with Crippen LogP contribution in [0.5, 0.6) is 0 Å². The van der Waals surface area contributed by atoms with E-state index in [0.29, 0.717) is 5.56 Å². The molecule has 0 amide bonds. The van der Waals surface area contributed by atoms with Crippen molar-refractivity contribution in [3.05, 3.63) is 71.3 Å². The number of aryl methyl sites for hydroxylation is 2. The average molecular weight is 396 g/mol. The van der Waals surface area contributed by atoms with Crippen molar-refractivity contribution < 1.29 is 0 Å². The minimum atomic E-state index is 0.654. The SMILES string of the molecule is Cc1cc(C)c2ncc(C#N)c(N3CCN(Cc4cn5ccccc5n4)CC3)c2c1. The molecular formula is C24H24N6. The number of fused-ring (bicyclic) bond motifs is 2. The molecule has 0 radical (unpaired) electrons. The molecule has 1 aromatic carbocycles. The zero-order valence-corrected chi connectivity index (χ0v) is 17.3. The first-order valence-electron chi connectivity index (χ1n) is 10.3. The van der Waals surface area contributed by atoms with Gasteiger partial charge in [-0.3, -0.25) is 9.88 Å². The minimum Gasteiger partial charge on any atom is -0.367 e. The maximum atomic E-state index is 9.73. The predicted molar refractivity (Wildman–Crippen MR) is 119 cm³/mol. The molecule has 6 nitrogen and oxygen atoms in total. The lowest BCUT2D eigenvalue weighted by molar-refractivity contribution is 0.247. The van der Waals surface area contributed by atoms with E-state index >= 15 is 0 Å². The molecule has 0 bridgehead atoms. The molecule has 0 atom stereocenters. The number of nitriles is 1. The lowest BCUT2D eigenvalue weighted by Crippen LogP contribution is -2.46. The van der Waals surface area contributed by atoms with Gasteiger partial charge in [0.05, 0.1) is 22.5 Å². The number of nitrogens with zero attached hydrogens (tertiary/aromatic N) is 6. The Morgan fingerprint density at radius 2 is 1.93 bits per heavy atom. The van der Waals surface area contributed by atoms with Crippen LogP contribution in [0.15, 0.2) is 48.9 Å². The van der Waals surface area contributed by atoms with E-state index in [1.165, 1.54) is 5.56 Å². The molecule has 0 N–H and O–H groups in total. The van der Waals surface area contributed by atoms with Crippen LogP contribution in [0.2, 0.25) is 0 Å². The number of rotatable bonds is 3. The number of anilines is 1. The van der Waals surface area contributed by atoms with Crippen LogP contribution in [0.4, 0.5) is 5.69 Å². The summed E-state index contributed by atoms with van der Waals surface area (Å²) in [6.45, 7) is 8.67. The van der Waals surface area contributed by atoms with Crippen LogP contribution in [0.25, 0.3) is 16.6 Å². The van der Waals surface area contributed by atoms with E-state index in [4.69, 9.17) is 4.98 Å². The van der Waals surface area contributed by atoms with Crippen LogP contribution in [0.1, 0.15) is 22.4 Å². The highest BCUT2D eigenvalue weighted by Gasteiger charge is 2.23. The van der Waals surface area contributed by atoms with Crippen molar-refractivity contribution >= 4 is 22.2 Å². The van der Waals surface area contributed by atoms with Gasteiger partial charge in [0, 0.05) is 56.7 Å². The number of benzene rings is 1. The summed E-state index contributed by atoms with van der Waals surface area (Å²) in [6.07, 6.45) is 5.87. The Balaban J connectivity index is 1.39. The molecule has 1 fully saturated rings. The number of hydrogen-bond acceptors (Lipinski definition) is 5. The normalized spacial score (nSPS) is 15.0. The topological polar surface area (TPSA) is 60.5 Å². The van der Waals surface area contributed by atoms with Crippen LogP contribution in [0, 0.1) is 25.2 Å². The zero-order chi connectivity index (χ0) is 20.7. The highest BCUT2D eigenvalue weighted by Crippen LogP contribution is 2.32. The quantitative estimate of drug-likeness (QED) is 0.529. The van der Waals surface area contributed by atoms with Gasteiger partial charge in [0.25, 0.3) is 0 Å². The summed E-state index contributed by atoms with van der Waals surface area (Å²) in [7, 11) is 0. The van der Waals surface area contributed by atoms with Gasteiger partial charge in [-0.2, -0.15) is 5.26 Å². The molecule has 0 spiro atoms. The van der Waals surface area contributed by atoms with Crippen molar-refractivity contribution in [2.24, 2.45) is 0 Å². The first kappa shape index (κ1) is 18.6. The second-order valence-electron chi connectivity index (χ2n) is 8.07. The van der Waals surface area contributed by atoms with Gasteiger partial charge in [-0.15, -0.1) is 0 Å². The minimum absolute atomic E-state index is 0.654. The molecule has 30 heavy (non-hydrogen) atoms. The van der Waals surface area contributed by atoms with Crippen molar-refractivity contribution in [3.8, 4) is 6.07 Å². The monoisotopic (exact) mass is 396 g/mol. The van der Waals surface area contributed by atoms with Crippen molar-refractivity contribution in [3.63, 3.8) is 0 Å². The maximum absolute atomic E-state index is 9.73. The Morgan fingerprint density at radius 1 is 1.10 bits per heavy atom. The Morgan fingerprint density at radius 3 is 2.70 bits per heavy atom. The highest BCUT2D eigenvalue weighted by atomic mass is 15.3. The first-order chi connectivity index (χ1) is 14.6. The summed E-state index contributed by atoms with van der Waals surface area (Å²) in [4.78, 5) is 14.1. The van der Waals surface area contributed by atoms with E-state index < -0.39 is 0 Å². The summed E-state index contributed by atoms with van der Waals surface area (Å²) >= 11 is 0. The van der Waals surface area contributed by atoms with Gasteiger partial charge < -0.3 is 9.30 Å². The van der Waals surface area contributed by atoms with Gasteiger partial charge in [-0.1, -0.05) is 17.7 Å². The van der Waals surface area contributed by atoms with Gasteiger partial charge in [0.1, 0.15) is 11.7 Å². The van der Waals surface area contributed by atoms with E-state index in [1.54, 1.807) is 6.20 Å². The van der Waals surface area contributed by atoms with Gasteiger partial charge in [-0.05, 0) is 37.6 Å². The molecule has 0 saturated carbocycles. The summed E-state index contributed by atoms with van der Waals surface area (Å²) in [6, 6.07) is 12.7. The summed E-state index contributed by atoms with van der Waals surface area (Å²) in [5, 5.41) is 10.8. The van der Waals surface area contributed by atoms with Crippen molar-refractivity contribution in [1.29, 1.82) is 5.26 Å². The van der Waals surface area contributed by atoms with Crippen LogP contribution in [-0.2, 0) is 6.54 Å². The molecule has 1 aliphatic heterocycles. The average Bonchev–Trinajstić information content (AvgIpc) is 3.16. The van der Waals surface area contributed by atoms with Crippen molar-refractivity contribution in [2.45, 2.75) is 20.4 Å². The second kappa shape index (κ2) is 7.43. The molecule has 6 heteroatoms. The molecule has 1 aliphatic rings. The molecule has 4 aromatic rings. The number of pyridine rings is 2. The highest BCUT2D eigenvalue weighted by molar-refractivity contribution is 5.96. The lowest BCUT2D eigenvalue weighted by Gasteiger charge is -2.36. The van der Waals surface area contributed by atoms with Crippen LogP contribution in [-0.4, -0.2) is 45.4 Å². The predicted octanol–water partition coefficient (Wildman–Crippen LogP) is 3.69. The fraction of sp³-hybridized carbons (Fsp3) is 0.292.